The predicted molar refractivity (Wildman–Crippen MR) is 69.1 cm³/mol. The first-order chi connectivity index (χ1) is 7.09. The molecule has 0 aliphatic heterocycles. The summed E-state index contributed by atoms with van der Waals surface area (Å²) in [5.41, 5.74) is 0.838. The molecule has 0 heterocycles. The quantitative estimate of drug-likeness (QED) is 0.366. The monoisotopic (exact) mass is 335 g/mol. The van der Waals surface area contributed by atoms with Crippen LogP contribution < -0.4 is 0 Å². The van der Waals surface area contributed by atoms with E-state index in [4.69, 9.17) is 11.6 Å². The van der Waals surface area contributed by atoms with Crippen molar-refractivity contribution in [1.82, 2.24) is 0 Å². The van der Waals surface area contributed by atoms with E-state index in [0.717, 1.165) is 15.3 Å². The number of halogens is 2. The summed E-state index contributed by atoms with van der Waals surface area (Å²) in [5, 5.41) is 10.5. The first-order valence-electron chi connectivity index (χ1n) is 4.03. The fourth-order valence-electron chi connectivity index (χ4n) is 0.903. The van der Waals surface area contributed by atoms with E-state index in [1.165, 1.54) is 12.2 Å². The largest absolute Gasteiger partial charge is 0.259 e. The van der Waals surface area contributed by atoms with Crippen LogP contribution in [0.1, 0.15) is 5.56 Å². The van der Waals surface area contributed by atoms with Crippen molar-refractivity contribution < 1.29 is 4.92 Å². The van der Waals surface area contributed by atoms with Crippen molar-refractivity contribution in [2.75, 3.05) is 0 Å². The Balaban J connectivity index is 2.80. The Labute approximate surface area is 106 Å². The third-order valence-corrected chi connectivity index (χ3v) is 2.63. The summed E-state index contributed by atoms with van der Waals surface area (Å²) in [5.74, 6) is 0. The van der Waals surface area contributed by atoms with Crippen LogP contribution in [0.15, 0.2) is 42.6 Å². The maximum atomic E-state index is 10.0. The van der Waals surface area contributed by atoms with Crippen molar-refractivity contribution in [2.24, 2.45) is 0 Å². The van der Waals surface area contributed by atoms with Gasteiger partial charge in [-0.2, -0.15) is 0 Å². The summed E-state index contributed by atoms with van der Waals surface area (Å²) in [4.78, 5) is 9.47. The molecule has 78 valence electrons. The van der Waals surface area contributed by atoms with Crippen LogP contribution in [0.5, 0.6) is 0 Å². The third-order valence-electron chi connectivity index (χ3n) is 1.57. The van der Waals surface area contributed by atoms with E-state index in [1.54, 1.807) is 0 Å². The number of allylic oxidation sites excluding steroid dienone is 2. The highest BCUT2D eigenvalue weighted by Crippen LogP contribution is 2.19. The number of rotatable bonds is 3. The van der Waals surface area contributed by atoms with E-state index in [0.29, 0.717) is 5.03 Å². The van der Waals surface area contributed by atoms with E-state index in [2.05, 4.69) is 22.6 Å². The smallest absolute Gasteiger partial charge is 0.234 e. The van der Waals surface area contributed by atoms with Gasteiger partial charge in [0.25, 0.3) is 0 Å². The Morgan fingerprint density at radius 1 is 1.40 bits per heavy atom. The lowest BCUT2D eigenvalue weighted by Gasteiger charge is -1.97. The van der Waals surface area contributed by atoms with Gasteiger partial charge in [-0.3, -0.25) is 10.1 Å². The minimum atomic E-state index is -0.533. The summed E-state index contributed by atoms with van der Waals surface area (Å²) >= 11 is 8.12. The number of hydrogen-bond donors (Lipinski definition) is 0. The summed E-state index contributed by atoms with van der Waals surface area (Å²) < 4.78 is 1.11. The second kappa shape index (κ2) is 5.87. The topological polar surface area (TPSA) is 43.1 Å². The second-order valence-corrected chi connectivity index (χ2v) is 4.30. The van der Waals surface area contributed by atoms with Gasteiger partial charge in [0.1, 0.15) is 0 Å². The molecule has 0 bridgehead atoms. The average molecular weight is 336 g/mol. The van der Waals surface area contributed by atoms with Crippen molar-refractivity contribution >= 4 is 39.2 Å². The van der Waals surface area contributed by atoms with Crippen LogP contribution >= 0.6 is 34.2 Å². The molecule has 0 aliphatic carbocycles. The van der Waals surface area contributed by atoms with Crippen LogP contribution in [0.25, 0.3) is 5.03 Å². The Morgan fingerprint density at radius 2 is 2.00 bits per heavy atom. The van der Waals surface area contributed by atoms with E-state index in [-0.39, 0.29) is 0 Å². The lowest BCUT2D eigenvalue weighted by Crippen LogP contribution is -1.81. The van der Waals surface area contributed by atoms with Gasteiger partial charge in [0.05, 0.1) is 4.92 Å². The van der Waals surface area contributed by atoms with Gasteiger partial charge >= 0.3 is 0 Å². The molecule has 3 nitrogen and oxygen atoms in total. The molecule has 5 heteroatoms. The average Bonchev–Trinajstić information content (AvgIpc) is 2.18. The summed E-state index contributed by atoms with van der Waals surface area (Å²) in [6.07, 6.45) is 3.64. The van der Waals surface area contributed by atoms with Crippen LogP contribution in [0.2, 0.25) is 0 Å². The molecule has 1 aromatic carbocycles. The zero-order chi connectivity index (χ0) is 11.3. The van der Waals surface area contributed by atoms with Gasteiger partial charge in [0.15, 0.2) is 0 Å². The Bertz CT molecular complexity index is 412. The highest BCUT2D eigenvalue weighted by Gasteiger charge is 1.96. The van der Waals surface area contributed by atoms with Gasteiger partial charge in [0, 0.05) is 14.7 Å². The maximum absolute atomic E-state index is 10.0. The molecule has 0 saturated carbocycles. The van der Waals surface area contributed by atoms with Crippen molar-refractivity contribution in [1.29, 1.82) is 0 Å². The van der Waals surface area contributed by atoms with E-state index in [1.807, 2.05) is 24.3 Å². The van der Waals surface area contributed by atoms with Crippen molar-refractivity contribution in [2.45, 2.75) is 0 Å². The molecule has 15 heavy (non-hydrogen) atoms. The molecule has 0 unspecified atom stereocenters. The molecule has 0 saturated heterocycles. The van der Waals surface area contributed by atoms with Crippen LogP contribution in [-0.2, 0) is 0 Å². The van der Waals surface area contributed by atoms with Crippen LogP contribution in [0.3, 0.4) is 0 Å². The molecule has 0 radical (unpaired) electrons. The first kappa shape index (κ1) is 12.2. The third kappa shape index (κ3) is 4.44. The normalized spacial score (nSPS) is 12.0. The zero-order valence-corrected chi connectivity index (χ0v) is 10.5. The molecule has 0 fully saturated rings. The summed E-state index contributed by atoms with van der Waals surface area (Å²) in [7, 11) is 0. The molecule has 0 amide bonds. The molecule has 0 atom stereocenters. The lowest BCUT2D eigenvalue weighted by atomic mass is 10.2. The van der Waals surface area contributed by atoms with E-state index in [9.17, 15) is 10.1 Å². The second-order valence-electron chi connectivity index (χ2n) is 2.65. The number of hydrogen-bond acceptors (Lipinski definition) is 2. The molecule has 0 spiro atoms. The molecule has 0 aliphatic rings. The summed E-state index contributed by atoms with van der Waals surface area (Å²) in [6.45, 7) is 0. The standard InChI is InChI=1S/C10H7ClINO2/c11-10(2-1-7-13(14)15)8-3-5-9(12)6-4-8/h1-7H/b7-1-,10-2+. The molecular formula is C10H7ClINO2. The molecule has 0 aromatic heterocycles. The van der Waals surface area contributed by atoms with Crippen molar-refractivity contribution in [3.8, 4) is 0 Å². The highest BCUT2D eigenvalue weighted by atomic mass is 127. The molecular weight excluding hydrogens is 328 g/mol. The highest BCUT2D eigenvalue weighted by molar-refractivity contribution is 14.1. The fourth-order valence-corrected chi connectivity index (χ4v) is 1.46. The first-order valence-corrected chi connectivity index (χ1v) is 5.48. The summed E-state index contributed by atoms with van der Waals surface area (Å²) in [6, 6.07) is 7.56. The van der Waals surface area contributed by atoms with Crippen LogP contribution in [0, 0.1) is 13.7 Å². The van der Waals surface area contributed by atoms with Gasteiger partial charge < -0.3 is 0 Å². The zero-order valence-electron chi connectivity index (χ0n) is 7.56. The van der Waals surface area contributed by atoms with Crippen LogP contribution in [0.4, 0.5) is 0 Å². The minimum absolute atomic E-state index is 0.476. The minimum Gasteiger partial charge on any atom is -0.259 e. The Kier molecular flexibility index (Phi) is 4.77. The maximum Gasteiger partial charge on any atom is 0.234 e. The van der Waals surface area contributed by atoms with E-state index >= 15 is 0 Å². The number of benzene rings is 1. The Hall–Kier alpha value is -0.880. The van der Waals surface area contributed by atoms with Gasteiger partial charge in [-0.1, -0.05) is 23.7 Å². The fraction of sp³-hybridized carbons (Fsp3) is 0. The van der Waals surface area contributed by atoms with Gasteiger partial charge in [-0.25, -0.2) is 0 Å². The predicted octanol–water partition coefficient (Wildman–Crippen LogP) is 3.66. The molecule has 1 aromatic rings. The van der Waals surface area contributed by atoms with Gasteiger partial charge in [-0.15, -0.1) is 0 Å². The molecule has 1 rings (SSSR count). The van der Waals surface area contributed by atoms with E-state index < -0.39 is 4.92 Å². The Morgan fingerprint density at radius 3 is 2.53 bits per heavy atom. The SMILES string of the molecule is O=[N+]([O-])/C=C\C=C(\Cl)c1ccc(I)cc1. The number of nitro groups is 1. The number of nitrogens with zero attached hydrogens (tertiary/aromatic N) is 1. The molecule has 0 N–H and O–H groups in total. The van der Waals surface area contributed by atoms with Crippen LogP contribution in [-0.4, -0.2) is 4.92 Å². The lowest BCUT2D eigenvalue weighted by molar-refractivity contribution is -0.402. The van der Waals surface area contributed by atoms with Crippen molar-refractivity contribution in [3.63, 3.8) is 0 Å². The van der Waals surface area contributed by atoms with Gasteiger partial charge in [-0.05, 0) is 46.4 Å². The van der Waals surface area contributed by atoms with Crippen molar-refractivity contribution in [3.05, 3.63) is 61.9 Å². The van der Waals surface area contributed by atoms with Gasteiger partial charge in [0.2, 0.25) is 6.20 Å².